The SMILES string of the molecule is CC.Cc1ccnc(N2CC3(COC3)C2)c1. The lowest BCUT2D eigenvalue weighted by molar-refractivity contribution is -0.127. The number of ether oxygens (including phenoxy) is 1. The minimum absolute atomic E-state index is 0.478. The normalized spacial score (nSPS) is 20.6. The average molecular weight is 220 g/mol. The summed E-state index contributed by atoms with van der Waals surface area (Å²) in [5.41, 5.74) is 1.76. The second kappa shape index (κ2) is 4.42. The molecule has 2 fully saturated rings. The fraction of sp³-hybridized carbons (Fsp3) is 0.615. The molecule has 2 saturated heterocycles. The molecule has 16 heavy (non-hydrogen) atoms. The van der Waals surface area contributed by atoms with Gasteiger partial charge in [-0.15, -0.1) is 0 Å². The molecule has 0 N–H and O–H groups in total. The first kappa shape index (κ1) is 11.4. The van der Waals surface area contributed by atoms with Gasteiger partial charge in [0.1, 0.15) is 5.82 Å². The summed E-state index contributed by atoms with van der Waals surface area (Å²) in [6.07, 6.45) is 1.88. The van der Waals surface area contributed by atoms with E-state index in [1.54, 1.807) is 0 Å². The van der Waals surface area contributed by atoms with Crippen molar-refractivity contribution in [3.63, 3.8) is 0 Å². The number of hydrogen-bond acceptors (Lipinski definition) is 3. The average Bonchev–Trinajstić information content (AvgIpc) is 2.17. The zero-order valence-electron chi connectivity index (χ0n) is 10.4. The number of hydrogen-bond donors (Lipinski definition) is 0. The first-order valence-corrected chi connectivity index (χ1v) is 6.03. The summed E-state index contributed by atoms with van der Waals surface area (Å²) in [4.78, 5) is 6.70. The van der Waals surface area contributed by atoms with Crippen LogP contribution in [0.15, 0.2) is 18.3 Å². The third-order valence-electron chi connectivity index (χ3n) is 3.09. The lowest BCUT2D eigenvalue weighted by Gasteiger charge is -2.55. The van der Waals surface area contributed by atoms with Gasteiger partial charge in [-0.05, 0) is 24.6 Å². The van der Waals surface area contributed by atoms with E-state index in [-0.39, 0.29) is 0 Å². The molecule has 1 spiro atoms. The molecule has 0 bridgehead atoms. The maximum Gasteiger partial charge on any atom is 0.128 e. The van der Waals surface area contributed by atoms with Gasteiger partial charge in [-0.25, -0.2) is 4.98 Å². The van der Waals surface area contributed by atoms with Crippen LogP contribution in [0.25, 0.3) is 0 Å². The molecule has 3 heteroatoms. The zero-order valence-corrected chi connectivity index (χ0v) is 10.4. The van der Waals surface area contributed by atoms with E-state index in [1.807, 2.05) is 26.1 Å². The summed E-state index contributed by atoms with van der Waals surface area (Å²) in [6.45, 7) is 10.2. The Labute approximate surface area is 97.4 Å². The third kappa shape index (κ3) is 1.92. The second-order valence-corrected chi connectivity index (χ2v) is 4.54. The highest BCUT2D eigenvalue weighted by Crippen LogP contribution is 2.39. The molecule has 0 atom stereocenters. The van der Waals surface area contributed by atoms with E-state index in [2.05, 4.69) is 22.9 Å². The van der Waals surface area contributed by atoms with E-state index >= 15 is 0 Å². The molecule has 1 aromatic heterocycles. The Kier molecular flexibility index (Phi) is 3.15. The Hall–Kier alpha value is -1.09. The summed E-state index contributed by atoms with van der Waals surface area (Å²) >= 11 is 0. The molecule has 1 aromatic rings. The van der Waals surface area contributed by atoms with Crippen molar-refractivity contribution in [3.05, 3.63) is 23.9 Å². The van der Waals surface area contributed by atoms with Crippen LogP contribution in [0.5, 0.6) is 0 Å². The maximum absolute atomic E-state index is 5.24. The van der Waals surface area contributed by atoms with Crippen LogP contribution < -0.4 is 4.90 Å². The Bertz CT molecular complexity index is 353. The lowest BCUT2D eigenvalue weighted by atomic mass is 9.78. The molecule has 0 saturated carbocycles. The van der Waals surface area contributed by atoms with E-state index in [4.69, 9.17) is 4.74 Å². The monoisotopic (exact) mass is 220 g/mol. The fourth-order valence-electron chi connectivity index (χ4n) is 2.19. The summed E-state index contributed by atoms with van der Waals surface area (Å²) in [7, 11) is 0. The Morgan fingerprint density at radius 2 is 2.00 bits per heavy atom. The Morgan fingerprint density at radius 1 is 1.31 bits per heavy atom. The van der Waals surface area contributed by atoms with Crippen molar-refractivity contribution in [3.8, 4) is 0 Å². The van der Waals surface area contributed by atoms with Gasteiger partial charge < -0.3 is 9.64 Å². The van der Waals surface area contributed by atoms with Crippen molar-refractivity contribution in [2.45, 2.75) is 20.8 Å². The molecular weight excluding hydrogens is 200 g/mol. The van der Waals surface area contributed by atoms with E-state index < -0.39 is 0 Å². The van der Waals surface area contributed by atoms with Crippen LogP contribution in [0.1, 0.15) is 19.4 Å². The van der Waals surface area contributed by atoms with Crippen molar-refractivity contribution in [1.29, 1.82) is 0 Å². The highest BCUT2D eigenvalue weighted by molar-refractivity contribution is 5.45. The predicted octanol–water partition coefficient (Wildman–Crippen LogP) is 2.25. The topological polar surface area (TPSA) is 25.4 Å². The van der Waals surface area contributed by atoms with Crippen LogP contribution in [-0.4, -0.2) is 31.3 Å². The minimum Gasteiger partial charge on any atom is -0.380 e. The zero-order chi connectivity index (χ0) is 11.6. The number of aromatic nitrogens is 1. The number of anilines is 1. The molecule has 2 aliphatic rings. The summed E-state index contributed by atoms with van der Waals surface area (Å²) in [5.74, 6) is 1.11. The molecule has 3 heterocycles. The van der Waals surface area contributed by atoms with Gasteiger partial charge in [-0.2, -0.15) is 0 Å². The fourth-order valence-corrected chi connectivity index (χ4v) is 2.19. The van der Waals surface area contributed by atoms with E-state index in [0.717, 1.165) is 32.1 Å². The molecule has 88 valence electrons. The van der Waals surface area contributed by atoms with Gasteiger partial charge in [0, 0.05) is 19.3 Å². The van der Waals surface area contributed by atoms with Crippen LogP contribution >= 0.6 is 0 Å². The molecule has 0 aromatic carbocycles. The standard InChI is InChI=1S/C11H14N2O.C2H6/c1-9-2-3-12-10(4-9)13-5-11(6-13)7-14-8-11;1-2/h2-4H,5-8H2,1H3;1-2H3. The van der Waals surface area contributed by atoms with E-state index in [9.17, 15) is 0 Å². The molecule has 0 radical (unpaired) electrons. The molecule has 0 unspecified atom stereocenters. The lowest BCUT2D eigenvalue weighted by Crippen LogP contribution is -2.66. The van der Waals surface area contributed by atoms with Crippen LogP contribution in [0, 0.1) is 12.3 Å². The summed E-state index contributed by atoms with van der Waals surface area (Å²) in [6, 6.07) is 4.18. The van der Waals surface area contributed by atoms with E-state index in [1.165, 1.54) is 5.56 Å². The molecular formula is C13H20N2O. The number of nitrogens with zero attached hydrogens (tertiary/aromatic N) is 2. The van der Waals surface area contributed by atoms with Gasteiger partial charge in [0.2, 0.25) is 0 Å². The first-order valence-electron chi connectivity index (χ1n) is 6.03. The van der Waals surface area contributed by atoms with Crippen LogP contribution in [0.2, 0.25) is 0 Å². The van der Waals surface area contributed by atoms with Gasteiger partial charge in [-0.1, -0.05) is 13.8 Å². The molecule has 0 amide bonds. The van der Waals surface area contributed by atoms with Crippen molar-refractivity contribution in [2.24, 2.45) is 5.41 Å². The summed E-state index contributed by atoms with van der Waals surface area (Å²) in [5, 5.41) is 0. The van der Waals surface area contributed by atoms with Crippen molar-refractivity contribution < 1.29 is 4.74 Å². The molecule has 3 nitrogen and oxygen atoms in total. The van der Waals surface area contributed by atoms with Gasteiger partial charge in [0.05, 0.1) is 18.6 Å². The van der Waals surface area contributed by atoms with Crippen molar-refractivity contribution >= 4 is 5.82 Å². The van der Waals surface area contributed by atoms with Gasteiger partial charge in [0.15, 0.2) is 0 Å². The molecule has 2 aliphatic heterocycles. The van der Waals surface area contributed by atoms with Gasteiger partial charge >= 0.3 is 0 Å². The Morgan fingerprint density at radius 3 is 2.50 bits per heavy atom. The largest absolute Gasteiger partial charge is 0.380 e. The second-order valence-electron chi connectivity index (χ2n) is 4.54. The van der Waals surface area contributed by atoms with Gasteiger partial charge in [-0.3, -0.25) is 0 Å². The minimum atomic E-state index is 0.478. The van der Waals surface area contributed by atoms with Crippen LogP contribution in [0.3, 0.4) is 0 Å². The first-order chi connectivity index (χ1) is 7.77. The predicted molar refractivity (Wildman–Crippen MR) is 65.8 cm³/mol. The van der Waals surface area contributed by atoms with Crippen LogP contribution in [-0.2, 0) is 4.74 Å². The van der Waals surface area contributed by atoms with Crippen molar-refractivity contribution in [2.75, 3.05) is 31.2 Å². The number of aryl methyl sites for hydroxylation is 1. The highest BCUT2D eigenvalue weighted by atomic mass is 16.5. The molecule has 3 rings (SSSR count). The number of pyridine rings is 1. The maximum atomic E-state index is 5.24. The summed E-state index contributed by atoms with van der Waals surface area (Å²) < 4.78 is 5.24. The van der Waals surface area contributed by atoms with Gasteiger partial charge in [0.25, 0.3) is 0 Å². The number of rotatable bonds is 1. The molecule has 0 aliphatic carbocycles. The highest BCUT2D eigenvalue weighted by Gasteiger charge is 2.49. The quantitative estimate of drug-likeness (QED) is 0.726. The van der Waals surface area contributed by atoms with Crippen LogP contribution in [0.4, 0.5) is 5.82 Å². The Balaban J connectivity index is 0.000000457. The van der Waals surface area contributed by atoms with E-state index in [0.29, 0.717) is 5.41 Å². The van der Waals surface area contributed by atoms with Crippen molar-refractivity contribution in [1.82, 2.24) is 4.98 Å². The smallest absolute Gasteiger partial charge is 0.128 e. The third-order valence-corrected chi connectivity index (χ3v) is 3.09.